The molecule has 3 rings (SSSR count). The fraction of sp³-hybridized carbons (Fsp3) is 0. The SMILES string of the molecule is NC(=O)Nc1[nH]c2cc(-n3cccc3)ccc2c1C(N)=O. The summed E-state index contributed by atoms with van der Waals surface area (Å²) in [4.78, 5) is 25.6. The lowest BCUT2D eigenvalue weighted by molar-refractivity contribution is 0.100. The van der Waals surface area contributed by atoms with E-state index >= 15 is 0 Å². The van der Waals surface area contributed by atoms with Crippen LogP contribution in [0.5, 0.6) is 0 Å². The summed E-state index contributed by atoms with van der Waals surface area (Å²) in [6, 6.07) is 8.54. The number of amides is 3. The van der Waals surface area contributed by atoms with E-state index in [1.807, 2.05) is 41.2 Å². The van der Waals surface area contributed by atoms with E-state index in [1.165, 1.54) is 0 Å². The fourth-order valence-corrected chi connectivity index (χ4v) is 2.33. The highest BCUT2D eigenvalue weighted by Gasteiger charge is 2.17. The van der Waals surface area contributed by atoms with Gasteiger partial charge in [-0.2, -0.15) is 0 Å². The Morgan fingerprint density at radius 2 is 1.86 bits per heavy atom. The van der Waals surface area contributed by atoms with Crippen molar-refractivity contribution in [2.24, 2.45) is 11.5 Å². The highest BCUT2D eigenvalue weighted by atomic mass is 16.2. The second-order valence-electron chi connectivity index (χ2n) is 4.55. The van der Waals surface area contributed by atoms with E-state index in [0.29, 0.717) is 10.9 Å². The van der Waals surface area contributed by atoms with Crippen LogP contribution in [0.1, 0.15) is 10.4 Å². The number of urea groups is 1. The number of hydrogen-bond donors (Lipinski definition) is 4. The highest BCUT2D eigenvalue weighted by Crippen LogP contribution is 2.27. The van der Waals surface area contributed by atoms with Gasteiger partial charge in [0, 0.05) is 29.0 Å². The van der Waals surface area contributed by atoms with Gasteiger partial charge in [0.2, 0.25) is 0 Å². The zero-order chi connectivity index (χ0) is 15.0. The Morgan fingerprint density at radius 1 is 1.14 bits per heavy atom. The molecule has 0 aliphatic carbocycles. The van der Waals surface area contributed by atoms with Crippen molar-refractivity contribution in [3.05, 3.63) is 48.3 Å². The summed E-state index contributed by atoms with van der Waals surface area (Å²) in [6.07, 6.45) is 3.81. The van der Waals surface area contributed by atoms with E-state index in [0.717, 1.165) is 5.69 Å². The van der Waals surface area contributed by atoms with Gasteiger partial charge in [-0.25, -0.2) is 4.79 Å². The minimum absolute atomic E-state index is 0.203. The molecule has 21 heavy (non-hydrogen) atoms. The summed E-state index contributed by atoms with van der Waals surface area (Å²) in [5, 5.41) is 3.00. The van der Waals surface area contributed by atoms with Gasteiger partial charge in [-0.15, -0.1) is 0 Å². The highest BCUT2D eigenvalue weighted by molar-refractivity contribution is 6.13. The predicted octanol–water partition coefficient (Wildman–Crippen LogP) is 1.55. The minimum atomic E-state index is -0.769. The molecule has 0 unspecified atom stereocenters. The number of fused-ring (bicyclic) bond motifs is 1. The number of carbonyl (C=O) groups excluding carboxylic acids is 2. The fourth-order valence-electron chi connectivity index (χ4n) is 2.33. The number of nitrogens with two attached hydrogens (primary N) is 2. The molecule has 3 aromatic rings. The van der Waals surface area contributed by atoms with Crippen LogP contribution in [0.3, 0.4) is 0 Å². The minimum Gasteiger partial charge on any atom is -0.365 e. The van der Waals surface area contributed by atoms with Crippen LogP contribution in [-0.4, -0.2) is 21.5 Å². The van der Waals surface area contributed by atoms with Gasteiger partial charge in [0.1, 0.15) is 5.82 Å². The van der Waals surface area contributed by atoms with E-state index in [-0.39, 0.29) is 11.4 Å². The van der Waals surface area contributed by atoms with Crippen LogP contribution in [-0.2, 0) is 0 Å². The molecule has 7 nitrogen and oxygen atoms in total. The van der Waals surface area contributed by atoms with Gasteiger partial charge in [0.25, 0.3) is 5.91 Å². The molecule has 0 aliphatic rings. The van der Waals surface area contributed by atoms with Crippen LogP contribution >= 0.6 is 0 Å². The van der Waals surface area contributed by atoms with Crippen molar-refractivity contribution in [3.63, 3.8) is 0 Å². The predicted molar refractivity (Wildman–Crippen MR) is 79.3 cm³/mol. The van der Waals surface area contributed by atoms with Gasteiger partial charge in [-0.05, 0) is 30.3 Å². The van der Waals surface area contributed by atoms with E-state index in [2.05, 4.69) is 10.3 Å². The van der Waals surface area contributed by atoms with Crippen molar-refractivity contribution in [1.82, 2.24) is 9.55 Å². The first-order valence-corrected chi connectivity index (χ1v) is 6.21. The normalized spacial score (nSPS) is 10.7. The molecule has 0 bridgehead atoms. The van der Waals surface area contributed by atoms with E-state index in [1.54, 1.807) is 6.07 Å². The summed E-state index contributed by atoms with van der Waals surface area (Å²) in [6.45, 7) is 0. The largest absolute Gasteiger partial charge is 0.365 e. The number of hydrogen-bond acceptors (Lipinski definition) is 2. The first-order valence-electron chi connectivity index (χ1n) is 6.21. The molecule has 2 aromatic heterocycles. The van der Waals surface area contributed by atoms with Gasteiger partial charge in [0.05, 0.1) is 5.56 Å². The van der Waals surface area contributed by atoms with Crippen molar-refractivity contribution in [2.75, 3.05) is 5.32 Å². The average Bonchev–Trinajstić information content (AvgIpc) is 3.03. The lowest BCUT2D eigenvalue weighted by atomic mass is 10.1. The molecule has 3 amide bonds. The van der Waals surface area contributed by atoms with Gasteiger partial charge in [-0.1, -0.05) is 0 Å². The Labute approximate surface area is 119 Å². The van der Waals surface area contributed by atoms with Gasteiger partial charge < -0.3 is 21.0 Å². The molecule has 7 heteroatoms. The molecule has 0 fully saturated rings. The molecule has 1 aromatic carbocycles. The Bertz CT molecular complexity index is 833. The average molecular weight is 283 g/mol. The van der Waals surface area contributed by atoms with Crippen molar-refractivity contribution in [1.29, 1.82) is 0 Å². The number of primary amides is 2. The second kappa shape index (κ2) is 4.71. The molecule has 0 saturated heterocycles. The number of H-pyrrole nitrogens is 1. The molecular weight excluding hydrogens is 270 g/mol. The van der Waals surface area contributed by atoms with Gasteiger partial charge in [0.15, 0.2) is 0 Å². The summed E-state index contributed by atoms with van der Waals surface area (Å²) in [5.41, 5.74) is 12.3. The van der Waals surface area contributed by atoms with Crippen LogP contribution in [0.25, 0.3) is 16.6 Å². The number of anilines is 1. The molecular formula is C14H13N5O2. The number of carbonyl (C=O) groups is 2. The van der Waals surface area contributed by atoms with E-state index in [9.17, 15) is 9.59 Å². The molecule has 0 atom stereocenters. The van der Waals surface area contributed by atoms with Gasteiger partial charge >= 0.3 is 6.03 Å². The van der Waals surface area contributed by atoms with E-state index < -0.39 is 11.9 Å². The summed E-state index contributed by atoms with van der Waals surface area (Å²) < 4.78 is 1.92. The Kier molecular flexibility index (Phi) is 2.87. The molecule has 6 N–H and O–H groups in total. The first-order chi connectivity index (χ1) is 10.1. The topological polar surface area (TPSA) is 119 Å². The molecule has 106 valence electrons. The zero-order valence-corrected chi connectivity index (χ0v) is 11.0. The van der Waals surface area contributed by atoms with Crippen LogP contribution in [0.4, 0.5) is 10.6 Å². The second-order valence-corrected chi connectivity index (χ2v) is 4.55. The Morgan fingerprint density at radius 3 is 2.48 bits per heavy atom. The summed E-state index contributed by atoms with van der Waals surface area (Å²) in [5.74, 6) is -0.437. The molecule has 0 saturated carbocycles. The summed E-state index contributed by atoms with van der Waals surface area (Å²) >= 11 is 0. The zero-order valence-electron chi connectivity index (χ0n) is 11.0. The monoisotopic (exact) mass is 283 g/mol. The van der Waals surface area contributed by atoms with Crippen LogP contribution in [0.15, 0.2) is 42.7 Å². The maximum atomic E-state index is 11.6. The third kappa shape index (κ3) is 2.20. The molecule has 0 aliphatic heterocycles. The van der Waals surface area contributed by atoms with Crippen molar-refractivity contribution in [2.45, 2.75) is 0 Å². The molecule has 0 radical (unpaired) electrons. The molecule has 2 heterocycles. The Hall–Kier alpha value is -3.22. The maximum absolute atomic E-state index is 11.6. The van der Waals surface area contributed by atoms with Crippen molar-refractivity contribution >= 4 is 28.7 Å². The summed E-state index contributed by atoms with van der Waals surface area (Å²) in [7, 11) is 0. The number of aromatic amines is 1. The third-order valence-electron chi connectivity index (χ3n) is 3.18. The first kappa shape index (κ1) is 12.8. The quantitative estimate of drug-likeness (QED) is 0.583. The van der Waals surface area contributed by atoms with E-state index in [4.69, 9.17) is 11.5 Å². The van der Waals surface area contributed by atoms with Crippen LogP contribution in [0.2, 0.25) is 0 Å². The number of nitrogens with one attached hydrogen (secondary N) is 2. The van der Waals surface area contributed by atoms with Crippen LogP contribution in [0, 0.1) is 0 Å². The maximum Gasteiger partial charge on any atom is 0.317 e. The van der Waals surface area contributed by atoms with Crippen LogP contribution < -0.4 is 16.8 Å². The smallest absolute Gasteiger partial charge is 0.317 e. The number of nitrogens with zero attached hydrogens (tertiary/aromatic N) is 1. The van der Waals surface area contributed by atoms with Gasteiger partial charge in [-0.3, -0.25) is 10.1 Å². The number of benzene rings is 1. The van der Waals surface area contributed by atoms with Crippen molar-refractivity contribution < 1.29 is 9.59 Å². The number of rotatable bonds is 3. The standard InChI is InChI=1S/C14H13N5O2/c15-12(20)11-9-4-3-8(19-5-1-2-6-19)7-10(9)17-13(11)18-14(16)21/h1-7,17H,(H2,15,20)(H3,16,18,21). The lowest BCUT2D eigenvalue weighted by Crippen LogP contribution is -2.22. The number of aromatic nitrogens is 2. The lowest BCUT2D eigenvalue weighted by Gasteiger charge is -2.02. The van der Waals surface area contributed by atoms with Crippen molar-refractivity contribution in [3.8, 4) is 5.69 Å². The third-order valence-corrected chi connectivity index (χ3v) is 3.18. The molecule has 0 spiro atoms. The Balaban J connectivity index is 2.18.